The van der Waals surface area contributed by atoms with Gasteiger partial charge < -0.3 is 14.7 Å². The summed E-state index contributed by atoms with van der Waals surface area (Å²) in [7, 11) is 0. The SMILES string of the molecule is CCCCCCCCCCCCCCCCCCN1c2ccccc2CC12C=Nc1c(ccc3ccc(O)cc13)O2. The molecule has 3 aromatic carbocycles. The molecule has 0 amide bonds. The number of hydrogen-bond acceptors (Lipinski definition) is 4. The first kappa shape index (κ1) is 29.5. The van der Waals surface area contributed by atoms with Gasteiger partial charge in [0.15, 0.2) is 0 Å². The van der Waals surface area contributed by atoms with E-state index in [0.29, 0.717) is 0 Å². The minimum atomic E-state index is -0.587. The largest absolute Gasteiger partial charge is 0.508 e. The summed E-state index contributed by atoms with van der Waals surface area (Å²) in [5.41, 5.74) is 2.80. The summed E-state index contributed by atoms with van der Waals surface area (Å²) in [6.07, 6.45) is 24.9. The zero-order valence-corrected chi connectivity index (χ0v) is 25.3. The zero-order chi connectivity index (χ0) is 28.3. The van der Waals surface area contributed by atoms with Gasteiger partial charge in [0.25, 0.3) is 0 Å². The maximum Gasteiger partial charge on any atom is 0.223 e. The molecule has 5 rings (SSSR count). The van der Waals surface area contributed by atoms with E-state index in [0.717, 1.165) is 41.6 Å². The van der Waals surface area contributed by atoms with Crippen molar-refractivity contribution in [3.63, 3.8) is 0 Å². The molecule has 3 aromatic rings. The number of anilines is 1. The fraction of sp³-hybridized carbons (Fsp3) is 0.541. The Morgan fingerprint density at radius 2 is 1.37 bits per heavy atom. The van der Waals surface area contributed by atoms with Gasteiger partial charge in [0, 0.05) is 24.0 Å². The van der Waals surface area contributed by atoms with Gasteiger partial charge in [0.05, 0.1) is 6.21 Å². The fourth-order valence-electron chi connectivity index (χ4n) is 6.70. The number of phenolic OH excluding ortho intramolecular Hbond substituents is 1. The number of para-hydroxylation sites is 1. The lowest BCUT2D eigenvalue weighted by atomic mass is 10.0. The van der Waals surface area contributed by atoms with Crippen LogP contribution in [-0.4, -0.2) is 23.6 Å². The molecule has 0 saturated heterocycles. The van der Waals surface area contributed by atoms with Gasteiger partial charge in [-0.2, -0.15) is 0 Å². The molecule has 1 spiro atoms. The number of unbranched alkanes of at least 4 members (excludes halogenated alkanes) is 15. The third-order valence-electron chi connectivity index (χ3n) is 9.04. The van der Waals surface area contributed by atoms with Crippen LogP contribution in [0.4, 0.5) is 11.4 Å². The Bertz CT molecular complexity index is 1290. The molecule has 1 atom stereocenters. The molecule has 2 heterocycles. The Labute approximate surface area is 247 Å². The fourth-order valence-corrected chi connectivity index (χ4v) is 6.70. The average molecular weight is 555 g/mol. The first-order valence-corrected chi connectivity index (χ1v) is 16.6. The summed E-state index contributed by atoms with van der Waals surface area (Å²) in [6, 6.07) is 18.2. The predicted octanol–water partition coefficient (Wildman–Crippen LogP) is 10.7. The summed E-state index contributed by atoms with van der Waals surface area (Å²) in [5.74, 6) is 1.04. The Morgan fingerprint density at radius 3 is 2.05 bits per heavy atom. The third-order valence-corrected chi connectivity index (χ3v) is 9.04. The second kappa shape index (κ2) is 14.8. The van der Waals surface area contributed by atoms with Crippen molar-refractivity contribution in [2.75, 3.05) is 11.4 Å². The van der Waals surface area contributed by atoms with Crippen molar-refractivity contribution < 1.29 is 9.84 Å². The van der Waals surface area contributed by atoms with Crippen LogP contribution in [0.5, 0.6) is 11.5 Å². The lowest BCUT2D eigenvalue weighted by Gasteiger charge is -2.39. The van der Waals surface area contributed by atoms with Gasteiger partial charge >= 0.3 is 0 Å². The van der Waals surface area contributed by atoms with E-state index >= 15 is 0 Å². The van der Waals surface area contributed by atoms with Gasteiger partial charge in [0.2, 0.25) is 5.72 Å². The highest BCUT2D eigenvalue weighted by Gasteiger charge is 2.46. The van der Waals surface area contributed by atoms with E-state index in [1.165, 1.54) is 108 Å². The van der Waals surface area contributed by atoms with Crippen molar-refractivity contribution >= 4 is 28.4 Å². The molecule has 0 fully saturated rings. The van der Waals surface area contributed by atoms with E-state index in [1.807, 2.05) is 18.3 Å². The second-order valence-electron chi connectivity index (χ2n) is 12.3. The van der Waals surface area contributed by atoms with Crippen molar-refractivity contribution in [1.29, 1.82) is 0 Å². The summed E-state index contributed by atoms with van der Waals surface area (Å²) in [5, 5.41) is 12.0. The first-order chi connectivity index (χ1) is 20.2. The average Bonchev–Trinajstić information content (AvgIpc) is 3.28. The van der Waals surface area contributed by atoms with Gasteiger partial charge in [-0.25, -0.2) is 0 Å². The van der Waals surface area contributed by atoms with Crippen LogP contribution >= 0.6 is 0 Å². The Hall–Kier alpha value is -3.01. The summed E-state index contributed by atoms with van der Waals surface area (Å²) < 4.78 is 6.80. The first-order valence-electron chi connectivity index (χ1n) is 16.6. The number of nitrogens with zero attached hydrogens (tertiary/aromatic N) is 2. The molecule has 0 bridgehead atoms. The van der Waals surface area contributed by atoms with Crippen molar-refractivity contribution in [1.82, 2.24) is 0 Å². The van der Waals surface area contributed by atoms with Crippen LogP contribution < -0.4 is 9.64 Å². The number of rotatable bonds is 17. The van der Waals surface area contributed by atoms with E-state index in [2.05, 4.69) is 42.2 Å². The molecule has 4 nitrogen and oxygen atoms in total. The normalized spacial score (nSPS) is 17.2. The number of aliphatic imine (C=N–C) groups is 1. The highest BCUT2D eigenvalue weighted by atomic mass is 16.5. The molecule has 2 aliphatic heterocycles. The predicted molar refractivity (Wildman–Crippen MR) is 174 cm³/mol. The minimum Gasteiger partial charge on any atom is -0.508 e. The molecular formula is C37H50N2O2. The van der Waals surface area contributed by atoms with E-state index in [4.69, 9.17) is 9.73 Å². The molecule has 4 heteroatoms. The van der Waals surface area contributed by atoms with Gasteiger partial charge in [-0.1, -0.05) is 134 Å². The summed E-state index contributed by atoms with van der Waals surface area (Å²) in [6.45, 7) is 3.26. The van der Waals surface area contributed by atoms with Gasteiger partial charge in [-0.15, -0.1) is 0 Å². The van der Waals surface area contributed by atoms with E-state index in [9.17, 15) is 5.11 Å². The minimum absolute atomic E-state index is 0.250. The molecule has 0 aliphatic carbocycles. The van der Waals surface area contributed by atoms with Crippen molar-refractivity contribution in [2.24, 2.45) is 4.99 Å². The van der Waals surface area contributed by atoms with Gasteiger partial charge in [-0.3, -0.25) is 4.99 Å². The van der Waals surface area contributed by atoms with E-state index in [1.54, 1.807) is 12.1 Å². The molecular weight excluding hydrogens is 504 g/mol. The van der Waals surface area contributed by atoms with Crippen LogP contribution in [0.1, 0.15) is 115 Å². The number of fused-ring (bicyclic) bond motifs is 4. The highest BCUT2D eigenvalue weighted by molar-refractivity contribution is 6.00. The lowest BCUT2D eigenvalue weighted by Crippen LogP contribution is -2.54. The van der Waals surface area contributed by atoms with E-state index < -0.39 is 5.72 Å². The monoisotopic (exact) mass is 554 g/mol. The number of hydrogen-bond donors (Lipinski definition) is 1. The number of benzene rings is 3. The maximum atomic E-state index is 10.1. The Balaban J connectivity index is 1.05. The van der Waals surface area contributed by atoms with Crippen LogP contribution in [0.15, 0.2) is 59.6 Å². The lowest BCUT2D eigenvalue weighted by molar-refractivity contribution is 0.147. The number of phenols is 1. The van der Waals surface area contributed by atoms with Crippen molar-refractivity contribution in [3.05, 3.63) is 60.2 Å². The Morgan fingerprint density at radius 1 is 0.756 bits per heavy atom. The van der Waals surface area contributed by atoms with Crippen LogP contribution in [-0.2, 0) is 6.42 Å². The smallest absolute Gasteiger partial charge is 0.223 e. The van der Waals surface area contributed by atoms with Gasteiger partial charge in [-0.05, 0) is 41.6 Å². The van der Waals surface area contributed by atoms with Crippen LogP contribution in [0.3, 0.4) is 0 Å². The molecule has 0 aromatic heterocycles. The molecule has 1 N–H and O–H groups in total. The maximum absolute atomic E-state index is 10.1. The molecule has 220 valence electrons. The number of ether oxygens (including phenoxy) is 1. The van der Waals surface area contributed by atoms with Crippen LogP contribution in [0.25, 0.3) is 10.8 Å². The molecule has 0 radical (unpaired) electrons. The summed E-state index contributed by atoms with van der Waals surface area (Å²) >= 11 is 0. The van der Waals surface area contributed by atoms with Crippen LogP contribution in [0.2, 0.25) is 0 Å². The van der Waals surface area contributed by atoms with Crippen molar-refractivity contribution in [2.45, 2.75) is 122 Å². The highest BCUT2D eigenvalue weighted by Crippen LogP contribution is 2.46. The van der Waals surface area contributed by atoms with Gasteiger partial charge in [0.1, 0.15) is 17.2 Å². The quantitative estimate of drug-likeness (QED) is 0.169. The second-order valence-corrected chi connectivity index (χ2v) is 12.3. The standard InChI is InChI=1S/C37H50N2O2/c1-2-3-4-5-6-7-8-9-10-11-12-13-14-15-16-19-26-39-34-21-18-17-20-31(34)28-37(39)29-38-36-33-27-32(40)24-22-30(33)23-25-35(36)41-37/h17-18,20-25,27,29,40H,2-16,19,26,28H2,1H3. The molecule has 1 unspecified atom stereocenters. The van der Waals surface area contributed by atoms with Crippen LogP contribution in [0, 0.1) is 0 Å². The topological polar surface area (TPSA) is 45.1 Å². The zero-order valence-electron chi connectivity index (χ0n) is 25.3. The molecule has 0 saturated carbocycles. The van der Waals surface area contributed by atoms with E-state index in [-0.39, 0.29) is 5.75 Å². The summed E-state index contributed by atoms with van der Waals surface area (Å²) in [4.78, 5) is 7.39. The van der Waals surface area contributed by atoms with Crippen molar-refractivity contribution in [3.8, 4) is 11.5 Å². The third kappa shape index (κ3) is 7.45. The molecule has 41 heavy (non-hydrogen) atoms. The number of aromatic hydroxyl groups is 1. The Kier molecular flexibility index (Phi) is 10.6. The molecule has 2 aliphatic rings.